The molecular weight excluding hydrogens is 506 g/mol. The fourth-order valence-corrected chi connectivity index (χ4v) is 4.09. The zero-order chi connectivity index (χ0) is 24.0. The number of aromatic nitrogens is 3. The first-order valence-corrected chi connectivity index (χ1v) is 10.5. The number of sulfonamides is 1. The van der Waals surface area contributed by atoms with Crippen molar-refractivity contribution in [3.05, 3.63) is 69.0 Å². The van der Waals surface area contributed by atoms with Gasteiger partial charge < -0.3 is 0 Å². The molecule has 1 amide bonds. The van der Waals surface area contributed by atoms with E-state index in [1.807, 2.05) is 0 Å². The molecule has 0 unspecified atom stereocenters. The van der Waals surface area contributed by atoms with Gasteiger partial charge in [0, 0.05) is 6.07 Å². The Morgan fingerprint density at radius 3 is 2.31 bits per heavy atom. The molecule has 7 nitrogen and oxygen atoms in total. The highest BCUT2D eigenvalue weighted by Crippen LogP contribution is 2.33. The number of rotatable bonds is 4. The first-order chi connectivity index (χ1) is 14.7. The molecule has 0 aliphatic carbocycles. The maximum Gasteiger partial charge on any atom is 0.416 e. The number of halogens is 7. The standard InChI is InChI=1S/C17H9Cl2F5N4O3S/c1-7-15(16(29)26-32(30,31)14-5-9(18)11(20)6-12(14)21)25-27-28(7)13-3-2-8(4-10(13)19)17(22,23)24/h2-6H,1H3,(H,26,29). The van der Waals surface area contributed by atoms with Gasteiger partial charge in [0.25, 0.3) is 15.9 Å². The van der Waals surface area contributed by atoms with Crippen LogP contribution in [-0.2, 0) is 16.2 Å². The van der Waals surface area contributed by atoms with Gasteiger partial charge in [0.05, 0.1) is 27.0 Å². The maximum atomic E-state index is 13.9. The van der Waals surface area contributed by atoms with Crippen LogP contribution in [0.5, 0.6) is 0 Å². The van der Waals surface area contributed by atoms with E-state index in [-0.39, 0.29) is 22.5 Å². The Morgan fingerprint density at radius 1 is 1.06 bits per heavy atom. The number of hydrogen-bond acceptors (Lipinski definition) is 5. The fraction of sp³-hybridized carbons (Fsp3) is 0.118. The number of nitrogens with zero attached hydrogens (tertiary/aromatic N) is 3. The van der Waals surface area contributed by atoms with Gasteiger partial charge >= 0.3 is 6.18 Å². The minimum Gasteiger partial charge on any atom is -0.266 e. The molecule has 2 aromatic carbocycles. The second-order valence-electron chi connectivity index (χ2n) is 6.23. The van der Waals surface area contributed by atoms with E-state index in [0.717, 1.165) is 16.8 Å². The van der Waals surface area contributed by atoms with Gasteiger partial charge in [-0.2, -0.15) is 13.2 Å². The molecule has 0 saturated heterocycles. The average molecular weight is 515 g/mol. The van der Waals surface area contributed by atoms with E-state index in [0.29, 0.717) is 12.1 Å². The lowest BCUT2D eigenvalue weighted by molar-refractivity contribution is -0.137. The fourth-order valence-electron chi connectivity index (χ4n) is 2.56. The molecule has 0 fully saturated rings. The molecule has 0 bridgehead atoms. The smallest absolute Gasteiger partial charge is 0.266 e. The molecule has 1 N–H and O–H groups in total. The Hall–Kier alpha value is -2.77. The Morgan fingerprint density at radius 2 is 1.72 bits per heavy atom. The van der Waals surface area contributed by atoms with Crippen molar-refractivity contribution in [1.29, 1.82) is 0 Å². The van der Waals surface area contributed by atoms with Crippen molar-refractivity contribution in [1.82, 2.24) is 19.7 Å². The topological polar surface area (TPSA) is 93.9 Å². The lowest BCUT2D eigenvalue weighted by Crippen LogP contribution is -2.32. The van der Waals surface area contributed by atoms with E-state index in [2.05, 4.69) is 10.3 Å². The van der Waals surface area contributed by atoms with E-state index in [9.17, 15) is 35.2 Å². The van der Waals surface area contributed by atoms with Crippen LogP contribution in [0, 0.1) is 18.6 Å². The summed E-state index contributed by atoms with van der Waals surface area (Å²) in [6.45, 7) is 1.27. The van der Waals surface area contributed by atoms with Crippen molar-refractivity contribution in [2.75, 3.05) is 0 Å². The summed E-state index contributed by atoms with van der Waals surface area (Å²) in [5.74, 6) is -4.04. The summed E-state index contributed by atoms with van der Waals surface area (Å²) < 4.78 is 92.7. The van der Waals surface area contributed by atoms with Crippen LogP contribution >= 0.6 is 23.2 Å². The molecule has 0 aliphatic heterocycles. The highest BCUT2D eigenvalue weighted by Gasteiger charge is 2.32. The number of amides is 1. The number of carbonyl (C=O) groups excluding carboxylic acids is 1. The molecule has 15 heteroatoms. The summed E-state index contributed by atoms with van der Waals surface area (Å²) in [5, 5.41) is 6.06. The Labute approximate surface area is 186 Å². The first kappa shape index (κ1) is 23.9. The number of hydrogen-bond donors (Lipinski definition) is 1. The minimum absolute atomic E-state index is 0.0667. The third kappa shape index (κ3) is 4.54. The van der Waals surface area contributed by atoms with E-state index in [1.165, 1.54) is 6.92 Å². The average Bonchev–Trinajstić information content (AvgIpc) is 3.04. The summed E-state index contributed by atoms with van der Waals surface area (Å²) in [5.41, 5.74) is -1.72. The zero-order valence-corrected chi connectivity index (χ0v) is 17.8. The minimum atomic E-state index is -4.83. The normalized spacial score (nSPS) is 12.1. The molecule has 170 valence electrons. The third-order valence-corrected chi connectivity index (χ3v) is 6.04. The summed E-state index contributed by atoms with van der Waals surface area (Å²) in [6, 6.07) is 3.07. The van der Waals surface area contributed by atoms with Gasteiger partial charge in [0.2, 0.25) is 0 Å². The van der Waals surface area contributed by atoms with Crippen molar-refractivity contribution in [3.63, 3.8) is 0 Å². The second kappa shape index (κ2) is 8.30. The Balaban J connectivity index is 1.93. The van der Waals surface area contributed by atoms with Crippen molar-refractivity contribution in [2.24, 2.45) is 0 Å². The number of carbonyl (C=O) groups is 1. The number of alkyl halides is 3. The molecule has 3 rings (SSSR count). The molecule has 1 aromatic heterocycles. The highest BCUT2D eigenvalue weighted by molar-refractivity contribution is 7.90. The Bertz CT molecular complexity index is 1340. The van der Waals surface area contributed by atoms with Crippen LogP contribution in [0.3, 0.4) is 0 Å². The quantitative estimate of drug-likeness (QED) is 0.413. The summed E-state index contributed by atoms with van der Waals surface area (Å²) >= 11 is 11.4. The van der Waals surface area contributed by atoms with Gasteiger partial charge in [0.15, 0.2) is 5.69 Å². The van der Waals surface area contributed by atoms with Crippen LogP contribution < -0.4 is 4.72 Å². The predicted molar refractivity (Wildman–Crippen MR) is 102 cm³/mol. The lowest BCUT2D eigenvalue weighted by Gasteiger charge is -2.11. The Kier molecular flexibility index (Phi) is 6.19. The van der Waals surface area contributed by atoms with Gasteiger partial charge in [-0.15, -0.1) is 5.10 Å². The maximum absolute atomic E-state index is 13.9. The van der Waals surface area contributed by atoms with Gasteiger partial charge in [-0.05, 0) is 31.2 Å². The SMILES string of the molecule is Cc1c(C(=O)NS(=O)(=O)c2cc(Cl)c(F)cc2F)nnn1-c1ccc(C(F)(F)F)cc1Cl. The zero-order valence-electron chi connectivity index (χ0n) is 15.5. The van der Waals surface area contributed by atoms with Crippen LogP contribution in [0.15, 0.2) is 35.2 Å². The van der Waals surface area contributed by atoms with Crippen LogP contribution in [0.2, 0.25) is 10.0 Å². The number of benzene rings is 2. The van der Waals surface area contributed by atoms with E-state index in [1.54, 1.807) is 4.72 Å². The molecule has 0 atom stereocenters. The molecule has 1 heterocycles. The molecule has 0 aliphatic rings. The summed E-state index contributed by atoms with van der Waals surface area (Å²) in [6.07, 6.45) is -4.64. The molecule has 0 radical (unpaired) electrons. The molecule has 32 heavy (non-hydrogen) atoms. The predicted octanol–water partition coefficient (Wildman–Crippen LogP) is 4.30. The highest BCUT2D eigenvalue weighted by atomic mass is 35.5. The molecular formula is C17H9Cl2F5N4O3S. The van der Waals surface area contributed by atoms with E-state index in [4.69, 9.17) is 23.2 Å². The van der Waals surface area contributed by atoms with E-state index >= 15 is 0 Å². The van der Waals surface area contributed by atoms with Crippen molar-refractivity contribution in [3.8, 4) is 5.69 Å². The summed E-state index contributed by atoms with van der Waals surface area (Å²) in [7, 11) is -4.83. The van der Waals surface area contributed by atoms with Crippen LogP contribution in [0.4, 0.5) is 22.0 Å². The van der Waals surface area contributed by atoms with Crippen LogP contribution in [0.1, 0.15) is 21.7 Å². The molecule has 3 aromatic rings. The monoisotopic (exact) mass is 514 g/mol. The van der Waals surface area contributed by atoms with Crippen LogP contribution in [-0.4, -0.2) is 29.3 Å². The molecule has 0 spiro atoms. The van der Waals surface area contributed by atoms with Crippen molar-refractivity contribution in [2.45, 2.75) is 18.0 Å². The summed E-state index contributed by atoms with van der Waals surface area (Å²) in [4.78, 5) is 11.3. The van der Waals surface area contributed by atoms with Gasteiger partial charge in [-0.1, -0.05) is 28.4 Å². The third-order valence-electron chi connectivity index (χ3n) is 4.10. The number of nitrogens with one attached hydrogen (secondary N) is 1. The van der Waals surface area contributed by atoms with Gasteiger partial charge in [-0.3, -0.25) is 4.79 Å². The van der Waals surface area contributed by atoms with Gasteiger partial charge in [0.1, 0.15) is 16.5 Å². The van der Waals surface area contributed by atoms with E-state index < -0.39 is 54.9 Å². The van der Waals surface area contributed by atoms with Crippen LogP contribution in [0.25, 0.3) is 5.69 Å². The van der Waals surface area contributed by atoms with Crippen molar-refractivity contribution >= 4 is 39.1 Å². The molecule has 0 saturated carbocycles. The van der Waals surface area contributed by atoms with Gasteiger partial charge in [-0.25, -0.2) is 26.6 Å². The van der Waals surface area contributed by atoms with Crippen molar-refractivity contribution < 1.29 is 35.2 Å². The largest absolute Gasteiger partial charge is 0.416 e. The lowest BCUT2D eigenvalue weighted by atomic mass is 10.2. The second-order valence-corrected chi connectivity index (χ2v) is 8.70. The first-order valence-electron chi connectivity index (χ1n) is 8.23.